The van der Waals surface area contributed by atoms with Crippen molar-refractivity contribution < 1.29 is 19.1 Å². The molecule has 0 saturated carbocycles. The Balaban J connectivity index is 4.27. The number of carbonyl (C=O) groups is 2. The van der Waals surface area contributed by atoms with E-state index in [1.54, 1.807) is 13.8 Å². The molecule has 0 aliphatic rings. The van der Waals surface area contributed by atoms with Crippen LogP contribution in [0.2, 0.25) is 0 Å². The van der Waals surface area contributed by atoms with Crippen LogP contribution in [0, 0.1) is 0 Å². The lowest BCUT2D eigenvalue weighted by Crippen LogP contribution is -2.30. The van der Waals surface area contributed by atoms with Crippen molar-refractivity contribution in [3.05, 3.63) is 11.8 Å². The standard InChI is InChI=1S/C11H19NO4/c1-5-12(6-2)11(14)16-9(4)8-10(13)15-7-3/h8H,5-7H2,1-4H3/b9-8-. The van der Waals surface area contributed by atoms with E-state index < -0.39 is 12.1 Å². The fourth-order valence-corrected chi connectivity index (χ4v) is 1.06. The van der Waals surface area contributed by atoms with Gasteiger partial charge in [0.05, 0.1) is 12.7 Å². The molecule has 0 radical (unpaired) electrons. The monoisotopic (exact) mass is 229 g/mol. The lowest BCUT2D eigenvalue weighted by Gasteiger charge is -2.17. The van der Waals surface area contributed by atoms with Crippen molar-refractivity contribution in [3.8, 4) is 0 Å². The summed E-state index contributed by atoms with van der Waals surface area (Å²) in [5.41, 5.74) is 0. The first-order chi connectivity index (χ1) is 7.54. The summed E-state index contributed by atoms with van der Waals surface area (Å²) in [6.45, 7) is 8.41. The van der Waals surface area contributed by atoms with E-state index in [0.29, 0.717) is 19.7 Å². The highest BCUT2D eigenvalue weighted by molar-refractivity contribution is 5.83. The first-order valence-electron chi connectivity index (χ1n) is 5.36. The largest absolute Gasteiger partial charge is 0.463 e. The summed E-state index contributed by atoms with van der Waals surface area (Å²) in [5.74, 6) is -0.275. The number of hydrogen-bond acceptors (Lipinski definition) is 4. The van der Waals surface area contributed by atoms with Crippen LogP contribution in [-0.2, 0) is 14.3 Å². The van der Waals surface area contributed by atoms with Crippen molar-refractivity contribution in [2.75, 3.05) is 19.7 Å². The molecule has 0 aromatic heterocycles. The van der Waals surface area contributed by atoms with Gasteiger partial charge in [-0.3, -0.25) is 0 Å². The predicted molar refractivity (Wildman–Crippen MR) is 59.8 cm³/mol. The Labute approximate surface area is 96.0 Å². The molecule has 0 rings (SSSR count). The summed E-state index contributed by atoms with van der Waals surface area (Å²) in [6.07, 6.45) is 0.702. The van der Waals surface area contributed by atoms with Crippen molar-refractivity contribution in [1.29, 1.82) is 0 Å². The van der Waals surface area contributed by atoms with Gasteiger partial charge in [-0.05, 0) is 27.7 Å². The van der Waals surface area contributed by atoms with Gasteiger partial charge in [-0.25, -0.2) is 9.59 Å². The van der Waals surface area contributed by atoms with Crippen LogP contribution in [0.1, 0.15) is 27.7 Å². The Bertz CT molecular complexity index is 269. The minimum absolute atomic E-state index is 0.232. The van der Waals surface area contributed by atoms with Gasteiger partial charge in [0.15, 0.2) is 0 Å². The van der Waals surface area contributed by atoms with Gasteiger partial charge in [0, 0.05) is 13.1 Å². The molecular weight excluding hydrogens is 210 g/mol. The van der Waals surface area contributed by atoms with Gasteiger partial charge in [0.2, 0.25) is 0 Å². The minimum Gasteiger partial charge on any atom is -0.463 e. The molecule has 92 valence electrons. The number of ether oxygens (including phenoxy) is 2. The van der Waals surface area contributed by atoms with Crippen molar-refractivity contribution >= 4 is 12.1 Å². The van der Waals surface area contributed by atoms with Gasteiger partial charge < -0.3 is 14.4 Å². The number of amides is 1. The maximum absolute atomic E-state index is 11.5. The van der Waals surface area contributed by atoms with E-state index in [9.17, 15) is 9.59 Å². The topological polar surface area (TPSA) is 55.8 Å². The molecule has 0 bridgehead atoms. The molecule has 5 heteroatoms. The average molecular weight is 229 g/mol. The van der Waals surface area contributed by atoms with Crippen LogP contribution >= 0.6 is 0 Å². The number of hydrogen-bond donors (Lipinski definition) is 0. The highest BCUT2D eigenvalue weighted by Crippen LogP contribution is 2.02. The second-order valence-electron chi connectivity index (χ2n) is 3.05. The van der Waals surface area contributed by atoms with E-state index in [2.05, 4.69) is 4.74 Å². The Morgan fingerprint density at radius 2 is 1.75 bits per heavy atom. The summed E-state index contributed by atoms with van der Waals surface area (Å²) in [7, 11) is 0. The van der Waals surface area contributed by atoms with Crippen LogP contribution in [0.25, 0.3) is 0 Å². The Morgan fingerprint density at radius 1 is 1.19 bits per heavy atom. The fourth-order valence-electron chi connectivity index (χ4n) is 1.06. The quantitative estimate of drug-likeness (QED) is 0.410. The molecule has 1 amide bonds. The molecule has 0 aliphatic carbocycles. The summed E-state index contributed by atoms with van der Waals surface area (Å²) in [4.78, 5) is 24.0. The summed E-state index contributed by atoms with van der Waals surface area (Å²) in [5, 5.41) is 0. The lowest BCUT2D eigenvalue weighted by molar-refractivity contribution is -0.137. The van der Waals surface area contributed by atoms with Gasteiger partial charge in [-0.1, -0.05) is 0 Å². The molecule has 0 unspecified atom stereocenters. The Hall–Kier alpha value is -1.52. The third-order valence-corrected chi connectivity index (χ3v) is 1.88. The van der Waals surface area contributed by atoms with E-state index in [1.807, 2.05) is 13.8 Å². The Morgan fingerprint density at radius 3 is 2.19 bits per heavy atom. The lowest BCUT2D eigenvalue weighted by atomic mass is 10.5. The second kappa shape index (κ2) is 7.73. The Kier molecular flexibility index (Phi) is 7.00. The average Bonchev–Trinajstić information content (AvgIpc) is 2.19. The van der Waals surface area contributed by atoms with Crippen molar-refractivity contribution in [3.63, 3.8) is 0 Å². The molecule has 0 heterocycles. The molecule has 0 aromatic rings. The van der Waals surface area contributed by atoms with Gasteiger partial charge in [-0.15, -0.1) is 0 Å². The number of rotatable bonds is 5. The minimum atomic E-state index is -0.507. The number of carbonyl (C=O) groups excluding carboxylic acids is 2. The van der Waals surface area contributed by atoms with Crippen molar-refractivity contribution in [2.24, 2.45) is 0 Å². The van der Waals surface area contributed by atoms with Crippen LogP contribution in [0.3, 0.4) is 0 Å². The highest BCUT2D eigenvalue weighted by Gasteiger charge is 2.12. The van der Waals surface area contributed by atoms with E-state index in [-0.39, 0.29) is 5.76 Å². The molecule has 0 fully saturated rings. The molecule has 0 saturated heterocycles. The van der Waals surface area contributed by atoms with Crippen LogP contribution in [0.5, 0.6) is 0 Å². The van der Waals surface area contributed by atoms with Crippen molar-refractivity contribution in [1.82, 2.24) is 4.90 Å². The van der Waals surface area contributed by atoms with E-state index in [1.165, 1.54) is 4.90 Å². The maximum Gasteiger partial charge on any atom is 0.414 e. The third kappa shape index (κ3) is 5.38. The summed E-state index contributed by atoms with van der Waals surface area (Å²) in [6, 6.07) is 0. The number of allylic oxidation sites excluding steroid dienone is 1. The van der Waals surface area contributed by atoms with E-state index >= 15 is 0 Å². The molecular formula is C11H19NO4. The first-order valence-corrected chi connectivity index (χ1v) is 5.36. The highest BCUT2D eigenvalue weighted by atomic mass is 16.6. The van der Waals surface area contributed by atoms with Crippen molar-refractivity contribution in [2.45, 2.75) is 27.7 Å². The molecule has 0 aromatic carbocycles. The first kappa shape index (κ1) is 14.5. The molecule has 0 aliphatic heterocycles. The van der Waals surface area contributed by atoms with Gasteiger partial charge in [0.25, 0.3) is 0 Å². The maximum atomic E-state index is 11.5. The number of esters is 1. The van der Waals surface area contributed by atoms with Crippen LogP contribution < -0.4 is 0 Å². The zero-order chi connectivity index (χ0) is 12.6. The molecule has 5 nitrogen and oxygen atoms in total. The van der Waals surface area contributed by atoms with Crippen LogP contribution in [-0.4, -0.2) is 36.7 Å². The summed E-state index contributed by atoms with van der Waals surface area (Å²) < 4.78 is 9.65. The molecule has 0 spiro atoms. The van der Waals surface area contributed by atoms with Gasteiger partial charge in [0.1, 0.15) is 5.76 Å². The smallest absolute Gasteiger partial charge is 0.414 e. The van der Waals surface area contributed by atoms with Gasteiger partial charge >= 0.3 is 12.1 Å². The van der Waals surface area contributed by atoms with Crippen LogP contribution in [0.15, 0.2) is 11.8 Å². The predicted octanol–water partition coefficient (Wildman–Crippen LogP) is 1.93. The third-order valence-electron chi connectivity index (χ3n) is 1.88. The fraction of sp³-hybridized carbons (Fsp3) is 0.636. The van der Waals surface area contributed by atoms with E-state index in [4.69, 9.17) is 4.74 Å². The second-order valence-corrected chi connectivity index (χ2v) is 3.05. The normalized spacial score (nSPS) is 10.9. The molecule has 0 N–H and O–H groups in total. The summed E-state index contributed by atoms with van der Waals surface area (Å²) >= 11 is 0. The van der Waals surface area contributed by atoms with Gasteiger partial charge in [-0.2, -0.15) is 0 Å². The SMILES string of the molecule is CCOC(=O)/C=C(/C)OC(=O)N(CC)CC. The molecule has 0 atom stereocenters. The van der Waals surface area contributed by atoms with E-state index in [0.717, 1.165) is 6.08 Å². The van der Waals surface area contributed by atoms with Crippen LogP contribution in [0.4, 0.5) is 4.79 Å². The zero-order valence-corrected chi connectivity index (χ0v) is 10.3. The number of nitrogens with zero attached hydrogens (tertiary/aromatic N) is 1. The zero-order valence-electron chi connectivity index (χ0n) is 10.3. The molecule has 16 heavy (non-hydrogen) atoms.